The van der Waals surface area contributed by atoms with Gasteiger partial charge in [-0.25, -0.2) is 0 Å². The van der Waals surface area contributed by atoms with Gasteiger partial charge in [-0.05, 0) is 96.0 Å². The molecule has 4 aromatic rings. The predicted octanol–water partition coefficient (Wildman–Crippen LogP) is 8.02. The molecule has 4 aromatic carbocycles. The largest absolute Gasteiger partial charge is 0.531 e. The Balaban J connectivity index is 1.82. The van der Waals surface area contributed by atoms with Crippen molar-refractivity contribution in [2.24, 2.45) is 0 Å². The van der Waals surface area contributed by atoms with E-state index in [1.807, 2.05) is 6.07 Å². The molecule has 0 amide bonds. The summed E-state index contributed by atoms with van der Waals surface area (Å²) >= 11 is 4.64. The first-order valence-corrected chi connectivity index (χ1v) is 16.5. The second kappa shape index (κ2) is 12.3. The Morgan fingerprint density at radius 2 is 1.16 bits per heavy atom. The average molecular weight is 746 g/mol. The first-order chi connectivity index (χ1) is 18.2. The lowest BCUT2D eigenvalue weighted by Gasteiger charge is -2.43. The molecule has 0 radical (unpaired) electrons. The molecule has 0 aliphatic carbocycles. The molecule has 0 aliphatic heterocycles. The molecule has 196 valence electrons. The molecule has 0 aromatic heterocycles. The Kier molecular flexibility index (Phi) is 9.26. The van der Waals surface area contributed by atoms with E-state index in [0.29, 0.717) is 0 Å². The van der Waals surface area contributed by atoms with Crippen LogP contribution in [0.25, 0.3) is 12.2 Å². The van der Waals surface area contributed by atoms with Gasteiger partial charge in [-0.2, -0.15) is 0 Å². The minimum absolute atomic E-state index is 0.150. The van der Waals surface area contributed by atoms with Gasteiger partial charge in [-0.1, -0.05) is 99.7 Å². The van der Waals surface area contributed by atoms with Crippen LogP contribution in [0.15, 0.2) is 91.0 Å². The topological polar surface area (TPSA) is 27.7 Å². The molecule has 0 aliphatic rings. The van der Waals surface area contributed by atoms with E-state index in [9.17, 15) is 0 Å². The number of rotatable bonds is 8. The number of halogens is 2. The highest BCUT2D eigenvalue weighted by Crippen LogP contribution is 2.40. The fourth-order valence-corrected chi connectivity index (χ4v) is 11.4. The molecule has 0 bridgehead atoms. The summed E-state index contributed by atoms with van der Waals surface area (Å²) in [5.41, 5.74) is 2.16. The lowest BCUT2D eigenvalue weighted by Crippen LogP contribution is -2.68. The van der Waals surface area contributed by atoms with Crippen LogP contribution in [0, 0.1) is 7.14 Å². The number of ether oxygens (including phenoxy) is 2. The van der Waals surface area contributed by atoms with E-state index in [1.165, 1.54) is 10.4 Å². The molecular formula is C32H32I2O3Si. The molecular weight excluding hydrogens is 714 g/mol. The van der Waals surface area contributed by atoms with E-state index < -0.39 is 8.32 Å². The number of hydrogen-bond acceptors (Lipinski definition) is 3. The van der Waals surface area contributed by atoms with Crippen LogP contribution in [-0.4, -0.2) is 22.5 Å². The highest BCUT2D eigenvalue weighted by Gasteiger charge is 2.52. The molecule has 0 N–H and O–H groups in total. The van der Waals surface area contributed by atoms with Crippen molar-refractivity contribution in [1.82, 2.24) is 0 Å². The third kappa shape index (κ3) is 5.97. The summed E-state index contributed by atoms with van der Waals surface area (Å²) in [6, 6.07) is 31.7. The van der Waals surface area contributed by atoms with Crippen molar-refractivity contribution in [3.63, 3.8) is 0 Å². The van der Waals surface area contributed by atoms with E-state index in [1.54, 1.807) is 14.2 Å². The summed E-state index contributed by atoms with van der Waals surface area (Å²) in [5, 5.41) is 2.30. The fraction of sp³-hybridized carbons (Fsp3) is 0.188. The Bertz CT molecular complexity index is 1350. The summed E-state index contributed by atoms with van der Waals surface area (Å²) in [4.78, 5) is 0. The van der Waals surface area contributed by atoms with Crippen molar-refractivity contribution in [1.29, 1.82) is 0 Å². The Morgan fingerprint density at radius 1 is 0.632 bits per heavy atom. The van der Waals surface area contributed by atoms with Crippen LogP contribution < -0.4 is 24.3 Å². The highest BCUT2D eigenvalue weighted by molar-refractivity contribution is 14.1. The molecule has 0 unspecified atom stereocenters. The van der Waals surface area contributed by atoms with Crippen molar-refractivity contribution in [3.05, 3.63) is 109 Å². The van der Waals surface area contributed by atoms with Gasteiger partial charge in [0, 0.05) is 0 Å². The first-order valence-electron chi connectivity index (χ1n) is 12.4. The zero-order valence-corrected chi connectivity index (χ0v) is 27.6. The normalized spacial score (nSPS) is 12.0. The van der Waals surface area contributed by atoms with Crippen molar-refractivity contribution < 1.29 is 13.9 Å². The minimum Gasteiger partial charge on any atom is -0.531 e. The van der Waals surface area contributed by atoms with E-state index >= 15 is 0 Å². The summed E-state index contributed by atoms with van der Waals surface area (Å²) in [6.45, 7) is 6.84. The minimum atomic E-state index is -2.79. The van der Waals surface area contributed by atoms with Gasteiger partial charge < -0.3 is 13.9 Å². The molecule has 4 rings (SSSR count). The van der Waals surface area contributed by atoms with Gasteiger partial charge in [0.15, 0.2) is 5.75 Å². The monoisotopic (exact) mass is 746 g/mol. The van der Waals surface area contributed by atoms with Crippen molar-refractivity contribution in [2.75, 3.05) is 14.2 Å². The standard InChI is InChI=1S/C32H32I2O3Si/c1-32(2,3)38(25-12-8-6-9-13-25,26-14-10-7-11-15-26)37-30-22-23(18-19-29(30)35-4)16-17-24-20-27(33)31(36-5)28(34)21-24/h6-22H,1-5H3/b17-16+. The van der Waals surface area contributed by atoms with Crippen molar-refractivity contribution in [3.8, 4) is 17.2 Å². The average Bonchev–Trinajstić information content (AvgIpc) is 2.91. The van der Waals surface area contributed by atoms with Crippen LogP contribution in [0.1, 0.15) is 31.9 Å². The maximum atomic E-state index is 7.28. The van der Waals surface area contributed by atoms with Crippen LogP contribution in [0.4, 0.5) is 0 Å². The van der Waals surface area contributed by atoms with Gasteiger partial charge in [0.1, 0.15) is 11.5 Å². The third-order valence-electron chi connectivity index (χ3n) is 6.56. The van der Waals surface area contributed by atoms with Crippen LogP contribution >= 0.6 is 45.2 Å². The highest BCUT2D eigenvalue weighted by atomic mass is 127. The van der Waals surface area contributed by atoms with Gasteiger partial charge in [-0.15, -0.1) is 0 Å². The smallest absolute Gasteiger partial charge is 0.320 e. The Labute approximate surface area is 254 Å². The second-order valence-corrected chi connectivity index (χ2v) is 16.6. The van der Waals surface area contributed by atoms with Gasteiger partial charge in [-0.3, -0.25) is 0 Å². The fourth-order valence-electron chi connectivity index (χ4n) is 4.75. The van der Waals surface area contributed by atoms with Crippen LogP contribution in [0.5, 0.6) is 17.2 Å². The van der Waals surface area contributed by atoms with Gasteiger partial charge in [0.25, 0.3) is 0 Å². The maximum Gasteiger partial charge on any atom is 0.320 e. The molecule has 0 spiro atoms. The third-order valence-corrected chi connectivity index (χ3v) is 13.1. The first kappa shape index (κ1) is 28.7. The van der Waals surface area contributed by atoms with E-state index in [2.05, 4.69) is 163 Å². The van der Waals surface area contributed by atoms with Crippen LogP contribution in [0.2, 0.25) is 5.04 Å². The summed E-state index contributed by atoms with van der Waals surface area (Å²) in [6.07, 6.45) is 4.24. The van der Waals surface area contributed by atoms with Gasteiger partial charge in [0.05, 0.1) is 21.4 Å². The Morgan fingerprint density at radius 3 is 1.63 bits per heavy atom. The van der Waals surface area contributed by atoms with Gasteiger partial charge in [0.2, 0.25) is 0 Å². The Hall–Kier alpha value is -2.30. The molecule has 0 heterocycles. The SMILES string of the molecule is COc1ccc(/C=C/c2cc(I)c(OC)c(I)c2)cc1O[Si](c1ccccc1)(c1ccccc1)C(C)(C)C. The van der Waals surface area contributed by atoms with Crippen LogP contribution in [0.3, 0.4) is 0 Å². The second-order valence-electron chi connectivity index (χ2n) is 10.0. The molecule has 0 saturated heterocycles. The quantitative estimate of drug-likeness (QED) is 0.104. The van der Waals surface area contributed by atoms with Gasteiger partial charge >= 0.3 is 8.32 Å². The summed E-state index contributed by atoms with van der Waals surface area (Å²) in [7, 11) is 0.614. The van der Waals surface area contributed by atoms with E-state index in [4.69, 9.17) is 13.9 Å². The van der Waals surface area contributed by atoms with E-state index in [0.717, 1.165) is 35.5 Å². The molecule has 6 heteroatoms. The lowest BCUT2D eigenvalue weighted by molar-refractivity contribution is 0.388. The van der Waals surface area contributed by atoms with E-state index in [-0.39, 0.29) is 5.04 Å². The van der Waals surface area contributed by atoms with Crippen molar-refractivity contribution >= 4 is 76.0 Å². The maximum absolute atomic E-state index is 7.28. The van der Waals surface area contributed by atoms with Crippen molar-refractivity contribution in [2.45, 2.75) is 25.8 Å². The number of hydrogen-bond donors (Lipinski definition) is 0. The molecule has 3 nitrogen and oxygen atoms in total. The summed E-state index contributed by atoms with van der Waals surface area (Å²) < 4.78 is 20.8. The van der Waals surface area contributed by atoms with Crippen LogP contribution in [-0.2, 0) is 0 Å². The molecule has 0 saturated carbocycles. The predicted molar refractivity (Wildman–Crippen MR) is 179 cm³/mol. The molecule has 0 atom stereocenters. The molecule has 0 fully saturated rings. The number of benzene rings is 4. The lowest BCUT2D eigenvalue weighted by atomic mass is 10.1. The molecule has 38 heavy (non-hydrogen) atoms. The zero-order chi connectivity index (χ0) is 27.3. The zero-order valence-electron chi connectivity index (χ0n) is 22.3. The number of methoxy groups -OCH3 is 2. The summed E-state index contributed by atoms with van der Waals surface area (Å²) in [5.74, 6) is 2.39.